The number of rotatable bonds is 3. The SMILES string of the molecule is CNC(=O)NC(=O)Cn1nnc(-c2ccc(Br)cc2)n1. The molecule has 0 radical (unpaired) electrons. The molecule has 20 heavy (non-hydrogen) atoms. The van der Waals surface area contributed by atoms with Gasteiger partial charge < -0.3 is 5.32 Å². The number of carbonyl (C=O) groups excluding carboxylic acids is 2. The molecule has 3 amide bonds. The molecule has 9 heteroatoms. The lowest BCUT2D eigenvalue weighted by Gasteiger charge is -2.01. The van der Waals surface area contributed by atoms with Crippen LogP contribution >= 0.6 is 15.9 Å². The molecule has 0 saturated carbocycles. The van der Waals surface area contributed by atoms with Gasteiger partial charge in [0.25, 0.3) is 5.91 Å². The Labute approximate surface area is 122 Å². The average Bonchev–Trinajstić information content (AvgIpc) is 2.87. The molecule has 2 aromatic rings. The summed E-state index contributed by atoms with van der Waals surface area (Å²) in [6, 6.07) is 6.79. The van der Waals surface area contributed by atoms with E-state index in [2.05, 4.69) is 42.0 Å². The number of amides is 3. The molecule has 1 aromatic carbocycles. The molecule has 0 aliphatic rings. The van der Waals surface area contributed by atoms with Crippen molar-refractivity contribution in [1.82, 2.24) is 30.8 Å². The largest absolute Gasteiger partial charge is 0.341 e. The number of tetrazole rings is 1. The molecule has 1 aromatic heterocycles. The van der Waals surface area contributed by atoms with E-state index in [4.69, 9.17) is 0 Å². The van der Waals surface area contributed by atoms with Crippen molar-refractivity contribution in [2.45, 2.75) is 6.54 Å². The second-order valence-electron chi connectivity index (χ2n) is 3.78. The van der Waals surface area contributed by atoms with Crippen LogP contribution in [-0.2, 0) is 11.3 Å². The first kappa shape index (κ1) is 14.1. The lowest BCUT2D eigenvalue weighted by molar-refractivity contribution is -0.121. The van der Waals surface area contributed by atoms with Crippen molar-refractivity contribution in [3.63, 3.8) is 0 Å². The molecule has 0 spiro atoms. The third kappa shape index (κ3) is 3.60. The van der Waals surface area contributed by atoms with Crippen LogP contribution in [0.3, 0.4) is 0 Å². The second-order valence-corrected chi connectivity index (χ2v) is 4.69. The third-order valence-corrected chi connectivity index (χ3v) is 2.85. The van der Waals surface area contributed by atoms with E-state index in [1.807, 2.05) is 24.3 Å². The van der Waals surface area contributed by atoms with Crippen LogP contribution in [-0.4, -0.2) is 39.2 Å². The summed E-state index contributed by atoms with van der Waals surface area (Å²) in [5.41, 5.74) is 0.783. The Bertz CT molecular complexity index is 624. The van der Waals surface area contributed by atoms with E-state index in [1.54, 1.807) is 0 Å². The van der Waals surface area contributed by atoms with Crippen LogP contribution in [0.1, 0.15) is 0 Å². The van der Waals surface area contributed by atoms with Crippen molar-refractivity contribution in [2.75, 3.05) is 7.05 Å². The van der Waals surface area contributed by atoms with Crippen LogP contribution in [0.25, 0.3) is 11.4 Å². The molecular weight excluding hydrogens is 328 g/mol. The maximum absolute atomic E-state index is 11.5. The zero-order valence-electron chi connectivity index (χ0n) is 10.5. The first-order valence-electron chi connectivity index (χ1n) is 5.64. The second kappa shape index (κ2) is 6.24. The predicted molar refractivity (Wildman–Crippen MR) is 73.6 cm³/mol. The van der Waals surface area contributed by atoms with Gasteiger partial charge in [-0.15, -0.1) is 10.2 Å². The molecular formula is C11H11BrN6O2. The van der Waals surface area contributed by atoms with Gasteiger partial charge in [-0.1, -0.05) is 15.9 Å². The molecule has 2 N–H and O–H groups in total. The number of urea groups is 1. The van der Waals surface area contributed by atoms with Crippen molar-refractivity contribution >= 4 is 27.9 Å². The van der Waals surface area contributed by atoms with Gasteiger partial charge in [-0.2, -0.15) is 4.80 Å². The van der Waals surface area contributed by atoms with Gasteiger partial charge in [0.2, 0.25) is 5.82 Å². The molecule has 0 fully saturated rings. The van der Waals surface area contributed by atoms with E-state index in [1.165, 1.54) is 7.05 Å². The highest BCUT2D eigenvalue weighted by atomic mass is 79.9. The average molecular weight is 339 g/mol. The first-order valence-corrected chi connectivity index (χ1v) is 6.43. The number of imide groups is 1. The zero-order chi connectivity index (χ0) is 14.5. The number of aromatic nitrogens is 4. The highest BCUT2D eigenvalue weighted by Gasteiger charge is 2.10. The van der Waals surface area contributed by atoms with Crippen LogP contribution in [0.4, 0.5) is 4.79 Å². The number of nitrogens with one attached hydrogen (secondary N) is 2. The van der Waals surface area contributed by atoms with Crippen LogP contribution in [0.5, 0.6) is 0 Å². The summed E-state index contributed by atoms with van der Waals surface area (Å²) >= 11 is 3.33. The molecule has 0 aliphatic carbocycles. The van der Waals surface area contributed by atoms with Crippen molar-refractivity contribution in [2.24, 2.45) is 0 Å². The summed E-state index contributed by atoms with van der Waals surface area (Å²) in [4.78, 5) is 23.5. The van der Waals surface area contributed by atoms with Crippen LogP contribution in [0, 0.1) is 0 Å². The molecule has 0 unspecified atom stereocenters. The van der Waals surface area contributed by atoms with Crippen LogP contribution in [0.15, 0.2) is 28.7 Å². The Hall–Kier alpha value is -2.29. The minimum atomic E-state index is -0.580. The Morgan fingerprint density at radius 3 is 2.65 bits per heavy atom. The molecule has 0 aliphatic heterocycles. The summed E-state index contributed by atoms with van der Waals surface area (Å²) in [5, 5.41) is 16.1. The van der Waals surface area contributed by atoms with Gasteiger partial charge in [0.05, 0.1) is 0 Å². The molecule has 8 nitrogen and oxygen atoms in total. The normalized spacial score (nSPS) is 10.1. The Kier molecular flexibility index (Phi) is 4.41. The molecule has 0 atom stereocenters. The minimum Gasteiger partial charge on any atom is -0.341 e. The van der Waals surface area contributed by atoms with Gasteiger partial charge >= 0.3 is 6.03 Å². The summed E-state index contributed by atoms with van der Waals surface area (Å²) in [6.07, 6.45) is 0. The molecule has 104 valence electrons. The highest BCUT2D eigenvalue weighted by Crippen LogP contribution is 2.17. The van der Waals surface area contributed by atoms with Gasteiger partial charge in [0.1, 0.15) is 6.54 Å². The van der Waals surface area contributed by atoms with Crippen LogP contribution in [0.2, 0.25) is 0 Å². The van der Waals surface area contributed by atoms with Crippen molar-refractivity contribution in [1.29, 1.82) is 0 Å². The number of nitrogens with zero attached hydrogens (tertiary/aromatic N) is 4. The summed E-state index contributed by atoms with van der Waals surface area (Å²) in [6.45, 7) is -0.184. The quantitative estimate of drug-likeness (QED) is 0.851. The van der Waals surface area contributed by atoms with Gasteiger partial charge in [0.15, 0.2) is 0 Å². The van der Waals surface area contributed by atoms with E-state index in [0.717, 1.165) is 14.8 Å². The number of halogens is 1. The fourth-order valence-corrected chi connectivity index (χ4v) is 1.65. The van der Waals surface area contributed by atoms with Crippen molar-refractivity contribution < 1.29 is 9.59 Å². The monoisotopic (exact) mass is 338 g/mol. The van der Waals surface area contributed by atoms with Crippen LogP contribution < -0.4 is 10.6 Å². The third-order valence-electron chi connectivity index (χ3n) is 2.32. The molecule has 2 rings (SSSR count). The maximum Gasteiger partial charge on any atom is 0.321 e. The highest BCUT2D eigenvalue weighted by molar-refractivity contribution is 9.10. The van der Waals surface area contributed by atoms with E-state index < -0.39 is 11.9 Å². The fraction of sp³-hybridized carbons (Fsp3) is 0.182. The van der Waals surface area contributed by atoms with Gasteiger partial charge in [-0.3, -0.25) is 10.1 Å². The Balaban J connectivity index is 2.04. The standard InChI is InChI=1S/C11H11BrN6O2/c1-13-11(20)14-9(19)6-18-16-10(15-17-18)7-2-4-8(12)5-3-7/h2-5H,6H2,1H3,(H2,13,14,19,20). The van der Waals surface area contributed by atoms with Crippen molar-refractivity contribution in [3.05, 3.63) is 28.7 Å². The first-order chi connectivity index (χ1) is 9.58. The zero-order valence-corrected chi connectivity index (χ0v) is 12.1. The number of hydrogen-bond donors (Lipinski definition) is 2. The van der Waals surface area contributed by atoms with E-state index in [-0.39, 0.29) is 6.54 Å². The fourth-order valence-electron chi connectivity index (χ4n) is 1.38. The Morgan fingerprint density at radius 1 is 1.30 bits per heavy atom. The van der Waals surface area contributed by atoms with E-state index >= 15 is 0 Å². The minimum absolute atomic E-state index is 0.184. The summed E-state index contributed by atoms with van der Waals surface area (Å²) in [7, 11) is 1.42. The van der Waals surface area contributed by atoms with Gasteiger partial charge in [0, 0.05) is 17.1 Å². The van der Waals surface area contributed by atoms with E-state index in [9.17, 15) is 9.59 Å². The van der Waals surface area contributed by atoms with E-state index in [0.29, 0.717) is 5.82 Å². The lowest BCUT2D eigenvalue weighted by atomic mass is 10.2. The molecule has 1 heterocycles. The number of hydrogen-bond acceptors (Lipinski definition) is 5. The number of carbonyl (C=O) groups is 2. The Morgan fingerprint density at radius 2 is 2.00 bits per heavy atom. The predicted octanol–water partition coefficient (Wildman–Crippen LogP) is 0.558. The molecule has 0 saturated heterocycles. The topological polar surface area (TPSA) is 102 Å². The smallest absolute Gasteiger partial charge is 0.321 e. The lowest BCUT2D eigenvalue weighted by Crippen LogP contribution is -2.39. The van der Waals surface area contributed by atoms with Gasteiger partial charge in [-0.05, 0) is 29.5 Å². The summed E-state index contributed by atoms with van der Waals surface area (Å²) < 4.78 is 0.943. The van der Waals surface area contributed by atoms with Crippen molar-refractivity contribution in [3.8, 4) is 11.4 Å². The number of benzene rings is 1. The maximum atomic E-state index is 11.5. The summed E-state index contributed by atoms with van der Waals surface area (Å²) in [5.74, 6) is -0.116. The van der Waals surface area contributed by atoms with Gasteiger partial charge in [-0.25, -0.2) is 4.79 Å². The molecule has 0 bridgehead atoms.